The van der Waals surface area contributed by atoms with Gasteiger partial charge in [-0.3, -0.25) is 4.79 Å². The molecule has 0 amide bonds. The van der Waals surface area contributed by atoms with Gasteiger partial charge in [0, 0.05) is 12.5 Å². The molecule has 1 fully saturated rings. The van der Waals surface area contributed by atoms with Crippen molar-refractivity contribution >= 4 is 5.78 Å². The highest BCUT2D eigenvalue weighted by atomic mass is 16.5. The Labute approximate surface area is 105 Å². The Balaban J connectivity index is 1.94. The summed E-state index contributed by atoms with van der Waals surface area (Å²) in [5, 5.41) is 4.23. The smallest absolute Gasteiger partial charge is 0.186 e. The molecule has 4 heteroatoms. The van der Waals surface area contributed by atoms with Gasteiger partial charge in [-0.1, -0.05) is 18.2 Å². The Hall–Kier alpha value is -1.94. The third kappa shape index (κ3) is 1.95. The predicted octanol–water partition coefficient (Wildman–Crippen LogP) is 2.09. The molecular formula is C14H14N2O2. The zero-order chi connectivity index (χ0) is 12.4. The summed E-state index contributed by atoms with van der Waals surface area (Å²) >= 11 is 0. The molecule has 1 aromatic heterocycles. The van der Waals surface area contributed by atoms with Crippen LogP contribution in [0, 0.1) is 5.92 Å². The molecule has 1 aliphatic heterocycles. The van der Waals surface area contributed by atoms with Crippen LogP contribution in [0.5, 0.6) is 0 Å². The maximum atomic E-state index is 12.4. The van der Waals surface area contributed by atoms with Crippen molar-refractivity contribution in [2.24, 2.45) is 5.92 Å². The van der Waals surface area contributed by atoms with Gasteiger partial charge in [0.05, 0.1) is 18.5 Å². The van der Waals surface area contributed by atoms with E-state index in [0.29, 0.717) is 18.9 Å². The lowest BCUT2D eigenvalue weighted by atomic mass is 10.0. The van der Waals surface area contributed by atoms with Gasteiger partial charge in [0.1, 0.15) is 5.69 Å². The zero-order valence-electron chi connectivity index (χ0n) is 9.95. The molecule has 1 aromatic carbocycles. The molecule has 1 saturated heterocycles. The number of aromatic nitrogens is 2. The number of nitrogens with zero attached hydrogens (tertiary/aromatic N) is 2. The molecule has 4 nitrogen and oxygen atoms in total. The summed E-state index contributed by atoms with van der Waals surface area (Å²) in [6.45, 7) is 1.20. The van der Waals surface area contributed by atoms with Crippen LogP contribution < -0.4 is 0 Å². The molecule has 1 aliphatic rings. The van der Waals surface area contributed by atoms with Gasteiger partial charge in [0.25, 0.3) is 0 Å². The van der Waals surface area contributed by atoms with E-state index >= 15 is 0 Å². The number of hydrogen-bond acceptors (Lipinski definition) is 3. The second-order valence-electron chi connectivity index (χ2n) is 4.39. The first-order chi connectivity index (χ1) is 8.86. The van der Waals surface area contributed by atoms with Crippen LogP contribution in [-0.4, -0.2) is 28.8 Å². The number of benzene rings is 1. The molecule has 0 aliphatic carbocycles. The van der Waals surface area contributed by atoms with Gasteiger partial charge in [-0.05, 0) is 24.6 Å². The Morgan fingerprint density at radius 3 is 2.83 bits per heavy atom. The highest BCUT2D eigenvalue weighted by Crippen LogP contribution is 2.20. The first-order valence-electron chi connectivity index (χ1n) is 6.07. The SMILES string of the molecule is O=C(c1ccnn1-c1ccccc1)C1CCOC1. The lowest BCUT2D eigenvalue weighted by Crippen LogP contribution is -2.18. The van der Waals surface area contributed by atoms with Gasteiger partial charge in [0.2, 0.25) is 0 Å². The quantitative estimate of drug-likeness (QED) is 0.774. The second kappa shape index (κ2) is 4.74. The van der Waals surface area contributed by atoms with Crippen LogP contribution in [0.25, 0.3) is 5.69 Å². The fourth-order valence-corrected chi connectivity index (χ4v) is 2.22. The average Bonchev–Trinajstić information content (AvgIpc) is 3.10. The van der Waals surface area contributed by atoms with Crippen molar-refractivity contribution in [3.05, 3.63) is 48.3 Å². The average molecular weight is 242 g/mol. The first kappa shape index (κ1) is 11.2. The lowest BCUT2D eigenvalue weighted by molar-refractivity contribution is 0.0892. The highest BCUT2D eigenvalue weighted by molar-refractivity contribution is 5.97. The molecule has 92 valence electrons. The summed E-state index contributed by atoms with van der Waals surface area (Å²) in [6, 6.07) is 11.5. The van der Waals surface area contributed by atoms with Crippen LogP contribution in [0.1, 0.15) is 16.9 Å². The van der Waals surface area contributed by atoms with Crippen LogP contribution in [0.4, 0.5) is 0 Å². The standard InChI is InChI=1S/C14H14N2O2/c17-14(11-7-9-18-10-11)13-6-8-15-16(13)12-4-2-1-3-5-12/h1-6,8,11H,7,9-10H2. The summed E-state index contributed by atoms with van der Waals surface area (Å²) in [6.07, 6.45) is 2.47. The van der Waals surface area contributed by atoms with E-state index in [1.54, 1.807) is 16.9 Å². The van der Waals surface area contributed by atoms with Gasteiger partial charge >= 0.3 is 0 Å². The minimum Gasteiger partial charge on any atom is -0.381 e. The van der Waals surface area contributed by atoms with Crippen molar-refractivity contribution in [2.75, 3.05) is 13.2 Å². The van der Waals surface area contributed by atoms with Crippen molar-refractivity contribution in [3.63, 3.8) is 0 Å². The van der Waals surface area contributed by atoms with E-state index in [1.807, 2.05) is 30.3 Å². The maximum Gasteiger partial charge on any atom is 0.186 e. The Kier molecular flexibility index (Phi) is 2.94. The van der Waals surface area contributed by atoms with Gasteiger partial charge in [-0.2, -0.15) is 5.10 Å². The largest absolute Gasteiger partial charge is 0.381 e. The number of ether oxygens (including phenoxy) is 1. The van der Waals surface area contributed by atoms with Crippen LogP contribution >= 0.6 is 0 Å². The number of rotatable bonds is 3. The third-order valence-electron chi connectivity index (χ3n) is 3.20. The van der Waals surface area contributed by atoms with Gasteiger partial charge < -0.3 is 4.74 Å². The summed E-state index contributed by atoms with van der Waals surface area (Å²) < 4.78 is 6.97. The summed E-state index contributed by atoms with van der Waals surface area (Å²) in [5.41, 5.74) is 1.54. The van der Waals surface area contributed by atoms with Gasteiger partial charge in [-0.15, -0.1) is 0 Å². The minimum absolute atomic E-state index is 0.0239. The van der Waals surface area contributed by atoms with Crippen molar-refractivity contribution < 1.29 is 9.53 Å². The monoisotopic (exact) mass is 242 g/mol. The molecule has 1 atom stereocenters. The Morgan fingerprint density at radius 2 is 2.11 bits per heavy atom. The van der Waals surface area contributed by atoms with E-state index in [0.717, 1.165) is 12.1 Å². The lowest BCUT2D eigenvalue weighted by Gasteiger charge is -2.09. The van der Waals surface area contributed by atoms with E-state index in [2.05, 4.69) is 5.10 Å². The molecule has 2 heterocycles. The normalized spacial score (nSPS) is 19.0. The van der Waals surface area contributed by atoms with Gasteiger partial charge in [-0.25, -0.2) is 4.68 Å². The van der Waals surface area contributed by atoms with E-state index in [9.17, 15) is 4.79 Å². The zero-order valence-corrected chi connectivity index (χ0v) is 9.95. The van der Waals surface area contributed by atoms with Crippen molar-refractivity contribution in [1.82, 2.24) is 9.78 Å². The molecule has 1 unspecified atom stereocenters. The maximum absolute atomic E-state index is 12.4. The fraction of sp³-hybridized carbons (Fsp3) is 0.286. The predicted molar refractivity (Wildman–Crippen MR) is 66.8 cm³/mol. The van der Waals surface area contributed by atoms with E-state index in [1.165, 1.54) is 0 Å². The first-order valence-corrected chi connectivity index (χ1v) is 6.07. The molecule has 2 aromatic rings. The van der Waals surface area contributed by atoms with Crippen LogP contribution in [0.15, 0.2) is 42.6 Å². The van der Waals surface area contributed by atoms with E-state index in [-0.39, 0.29) is 11.7 Å². The Morgan fingerprint density at radius 1 is 1.28 bits per heavy atom. The topological polar surface area (TPSA) is 44.1 Å². The molecule has 0 saturated carbocycles. The van der Waals surface area contributed by atoms with Crippen molar-refractivity contribution in [3.8, 4) is 5.69 Å². The van der Waals surface area contributed by atoms with Crippen molar-refractivity contribution in [1.29, 1.82) is 0 Å². The fourth-order valence-electron chi connectivity index (χ4n) is 2.22. The number of Topliss-reactive ketones (excluding diaryl/α,β-unsaturated/α-hetero) is 1. The molecular weight excluding hydrogens is 228 g/mol. The van der Waals surface area contributed by atoms with Crippen LogP contribution in [-0.2, 0) is 4.74 Å². The molecule has 18 heavy (non-hydrogen) atoms. The Bertz CT molecular complexity index is 542. The van der Waals surface area contributed by atoms with Crippen LogP contribution in [0.2, 0.25) is 0 Å². The number of carbonyl (C=O) groups is 1. The molecule has 0 N–H and O–H groups in total. The number of carbonyl (C=O) groups excluding carboxylic acids is 1. The summed E-state index contributed by atoms with van der Waals surface area (Å²) in [7, 11) is 0. The molecule has 0 bridgehead atoms. The summed E-state index contributed by atoms with van der Waals surface area (Å²) in [4.78, 5) is 12.4. The number of hydrogen-bond donors (Lipinski definition) is 0. The molecule has 0 spiro atoms. The second-order valence-corrected chi connectivity index (χ2v) is 4.39. The minimum atomic E-state index is -0.0239. The van der Waals surface area contributed by atoms with Gasteiger partial charge in [0.15, 0.2) is 5.78 Å². The number of para-hydroxylation sites is 1. The van der Waals surface area contributed by atoms with E-state index in [4.69, 9.17) is 4.74 Å². The molecule has 0 radical (unpaired) electrons. The molecule has 3 rings (SSSR count). The third-order valence-corrected chi connectivity index (χ3v) is 3.20. The number of ketones is 1. The summed E-state index contributed by atoms with van der Waals surface area (Å²) in [5.74, 6) is 0.0954. The highest BCUT2D eigenvalue weighted by Gasteiger charge is 2.27. The van der Waals surface area contributed by atoms with Crippen LogP contribution in [0.3, 0.4) is 0 Å². The van der Waals surface area contributed by atoms with Crippen molar-refractivity contribution in [2.45, 2.75) is 6.42 Å². The van der Waals surface area contributed by atoms with E-state index < -0.39 is 0 Å².